The van der Waals surface area contributed by atoms with E-state index in [1.807, 2.05) is 24.3 Å². The molecule has 3 rings (SSSR count). The Bertz CT molecular complexity index is 480. The summed E-state index contributed by atoms with van der Waals surface area (Å²) in [5.41, 5.74) is 7.53. The number of piperidine rings is 1. The van der Waals surface area contributed by atoms with E-state index < -0.39 is 0 Å². The van der Waals surface area contributed by atoms with E-state index in [1.54, 1.807) is 0 Å². The molecular formula is C15H21N3O. The highest BCUT2D eigenvalue weighted by Crippen LogP contribution is 2.37. The van der Waals surface area contributed by atoms with Gasteiger partial charge in [-0.05, 0) is 37.9 Å². The molecule has 0 radical (unpaired) electrons. The fraction of sp³-hybridized carbons (Fsp3) is 0.533. The van der Waals surface area contributed by atoms with E-state index in [0.29, 0.717) is 11.0 Å². The van der Waals surface area contributed by atoms with Crippen LogP contribution in [0, 0.1) is 5.41 Å². The number of anilines is 1. The van der Waals surface area contributed by atoms with E-state index in [9.17, 15) is 4.79 Å². The summed E-state index contributed by atoms with van der Waals surface area (Å²) in [5.74, 6) is -0.334. The van der Waals surface area contributed by atoms with Crippen LogP contribution < -0.4 is 16.0 Å². The highest BCUT2D eigenvalue weighted by atomic mass is 16.1. The van der Waals surface area contributed by atoms with Crippen LogP contribution in [-0.2, 0) is 0 Å². The minimum atomic E-state index is -0.334. The van der Waals surface area contributed by atoms with Crippen LogP contribution in [-0.4, -0.2) is 32.1 Å². The lowest BCUT2D eigenvalue weighted by Crippen LogP contribution is -2.45. The van der Waals surface area contributed by atoms with Gasteiger partial charge < -0.3 is 16.0 Å². The highest BCUT2D eigenvalue weighted by Gasteiger charge is 2.38. The summed E-state index contributed by atoms with van der Waals surface area (Å²) in [6.07, 6.45) is 3.71. The van der Waals surface area contributed by atoms with E-state index in [4.69, 9.17) is 5.73 Å². The third kappa shape index (κ3) is 2.32. The van der Waals surface area contributed by atoms with E-state index >= 15 is 0 Å². The van der Waals surface area contributed by atoms with Gasteiger partial charge >= 0.3 is 0 Å². The first-order valence-corrected chi connectivity index (χ1v) is 7.05. The van der Waals surface area contributed by atoms with Crippen molar-refractivity contribution in [2.75, 3.05) is 31.1 Å². The highest BCUT2D eigenvalue weighted by molar-refractivity contribution is 5.98. The van der Waals surface area contributed by atoms with Crippen molar-refractivity contribution in [3.05, 3.63) is 29.8 Å². The number of nitrogens with two attached hydrogens (primary N) is 1. The van der Waals surface area contributed by atoms with E-state index in [-0.39, 0.29) is 5.91 Å². The van der Waals surface area contributed by atoms with Crippen molar-refractivity contribution in [2.24, 2.45) is 11.1 Å². The number of benzene rings is 1. The van der Waals surface area contributed by atoms with Crippen LogP contribution in [0.3, 0.4) is 0 Å². The van der Waals surface area contributed by atoms with Crippen LogP contribution in [0.5, 0.6) is 0 Å². The number of nitrogens with one attached hydrogen (secondary N) is 1. The third-order valence-electron chi connectivity index (χ3n) is 4.50. The molecule has 2 aliphatic rings. The van der Waals surface area contributed by atoms with E-state index in [1.165, 1.54) is 19.3 Å². The lowest BCUT2D eigenvalue weighted by molar-refractivity contribution is 0.100. The van der Waals surface area contributed by atoms with Gasteiger partial charge in [-0.25, -0.2) is 0 Å². The molecule has 4 nitrogen and oxygen atoms in total. The summed E-state index contributed by atoms with van der Waals surface area (Å²) >= 11 is 0. The largest absolute Gasteiger partial charge is 0.370 e. The molecule has 19 heavy (non-hydrogen) atoms. The van der Waals surface area contributed by atoms with Gasteiger partial charge in [-0.1, -0.05) is 12.1 Å². The molecule has 3 N–H and O–H groups in total. The molecule has 1 amide bonds. The van der Waals surface area contributed by atoms with Gasteiger partial charge in [-0.3, -0.25) is 4.79 Å². The van der Waals surface area contributed by atoms with Gasteiger partial charge in [0.15, 0.2) is 0 Å². The van der Waals surface area contributed by atoms with Crippen molar-refractivity contribution in [2.45, 2.75) is 19.3 Å². The number of primary amides is 1. The summed E-state index contributed by atoms with van der Waals surface area (Å²) in [6, 6.07) is 7.70. The van der Waals surface area contributed by atoms with Crippen LogP contribution in [0.2, 0.25) is 0 Å². The zero-order valence-corrected chi connectivity index (χ0v) is 11.2. The SMILES string of the molecule is NC(=O)c1ccccc1N1CCCC2(CCNC2)C1. The number of carbonyl (C=O) groups excluding carboxylic acids is 1. The zero-order valence-electron chi connectivity index (χ0n) is 11.2. The first-order valence-electron chi connectivity index (χ1n) is 7.05. The topological polar surface area (TPSA) is 58.4 Å². The Kier molecular flexibility index (Phi) is 3.19. The van der Waals surface area contributed by atoms with E-state index in [2.05, 4.69) is 10.2 Å². The molecule has 2 aliphatic heterocycles. The Morgan fingerprint density at radius 3 is 2.89 bits per heavy atom. The van der Waals surface area contributed by atoms with Crippen LogP contribution in [0.4, 0.5) is 5.69 Å². The monoisotopic (exact) mass is 259 g/mol. The summed E-state index contributed by atoms with van der Waals surface area (Å²) in [4.78, 5) is 13.9. The van der Waals surface area contributed by atoms with Crippen LogP contribution in [0.25, 0.3) is 0 Å². The maximum atomic E-state index is 11.6. The summed E-state index contributed by atoms with van der Waals surface area (Å²) in [7, 11) is 0. The lowest BCUT2D eigenvalue weighted by Gasteiger charge is -2.41. The fourth-order valence-electron chi connectivity index (χ4n) is 3.52. The van der Waals surface area contributed by atoms with E-state index in [0.717, 1.165) is 31.9 Å². The predicted octanol–water partition coefficient (Wildman–Crippen LogP) is 1.37. The fourth-order valence-corrected chi connectivity index (χ4v) is 3.52. The molecule has 1 aromatic carbocycles. The maximum absolute atomic E-state index is 11.6. The smallest absolute Gasteiger partial charge is 0.250 e. The number of rotatable bonds is 2. The van der Waals surface area contributed by atoms with Gasteiger partial charge in [0.1, 0.15) is 0 Å². The molecule has 0 aliphatic carbocycles. The lowest BCUT2D eigenvalue weighted by atomic mass is 9.79. The second-order valence-electron chi connectivity index (χ2n) is 5.83. The molecule has 2 heterocycles. The molecule has 1 spiro atoms. The Morgan fingerprint density at radius 1 is 1.32 bits per heavy atom. The van der Waals surface area contributed by atoms with Gasteiger partial charge in [0.05, 0.1) is 5.56 Å². The molecule has 1 unspecified atom stereocenters. The average Bonchev–Trinajstić information content (AvgIpc) is 2.86. The molecule has 1 atom stereocenters. The number of carbonyl (C=O) groups is 1. The summed E-state index contributed by atoms with van der Waals surface area (Å²) < 4.78 is 0. The zero-order chi connectivity index (χ0) is 13.3. The first-order chi connectivity index (χ1) is 9.20. The molecule has 4 heteroatoms. The molecule has 102 valence electrons. The second-order valence-corrected chi connectivity index (χ2v) is 5.83. The van der Waals surface area contributed by atoms with Crippen molar-refractivity contribution >= 4 is 11.6 Å². The summed E-state index contributed by atoms with van der Waals surface area (Å²) in [6.45, 7) is 4.27. The van der Waals surface area contributed by atoms with Gasteiger partial charge in [0.25, 0.3) is 5.91 Å². The van der Waals surface area contributed by atoms with Gasteiger partial charge in [0.2, 0.25) is 0 Å². The first kappa shape index (κ1) is 12.5. The van der Waals surface area contributed by atoms with Crippen LogP contribution in [0.1, 0.15) is 29.6 Å². The second kappa shape index (κ2) is 4.85. The molecule has 0 saturated carbocycles. The van der Waals surface area contributed by atoms with Gasteiger partial charge in [-0.2, -0.15) is 0 Å². The minimum absolute atomic E-state index is 0.334. The quantitative estimate of drug-likeness (QED) is 0.843. The summed E-state index contributed by atoms with van der Waals surface area (Å²) in [5, 5.41) is 3.47. The third-order valence-corrected chi connectivity index (χ3v) is 4.50. The number of para-hydroxylation sites is 1. The van der Waals surface area contributed by atoms with Crippen LogP contribution in [0.15, 0.2) is 24.3 Å². The molecule has 2 saturated heterocycles. The Labute approximate surface area is 114 Å². The standard InChI is InChI=1S/C15H21N3O/c16-14(19)12-4-1-2-5-13(12)18-9-3-6-15(11-18)7-8-17-10-15/h1-2,4-5,17H,3,6-11H2,(H2,16,19). The normalized spacial score (nSPS) is 26.8. The Morgan fingerprint density at radius 2 is 2.16 bits per heavy atom. The number of amides is 1. The van der Waals surface area contributed by atoms with Gasteiger partial charge in [0, 0.05) is 30.7 Å². The Balaban J connectivity index is 1.87. The van der Waals surface area contributed by atoms with Crippen molar-refractivity contribution in [3.63, 3.8) is 0 Å². The molecular weight excluding hydrogens is 238 g/mol. The molecule has 0 bridgehead atoms. The molecule has 1 aromatic rings. The molecule has 0 aromatic heterocycles. The van der Waals surface area contributed by atoms with Crippen molar-refractivity contribution in [1.29, 1.82) is 0 Å². The number of nitrogens with zero attached hydrogens (tertiary/aromatic N) is 1. The Hall–Kier alpha value is -1.55. The van der Waals surface area contributed by atoms with Crippen molar-refractivity contribution < 1.29 is 4.79 Å². The predicted molar refractivity (Wildman–Crippen MR) is 76.3 cm³/mol. The average molecular weight is 259 g/mol. The molecule has 2 fully saturated rings. The van der Waals surface area contributed by atoms with Crippen LogP contribution >= 0.6 is 0 Å². The van der Waals surface area contributed by atoms with Gasteiger partial charge in [-0.15, -0.1) is 0 Å². The maximum Gasteiger partial charge on any atom is 0.250 e. The number of hydrogen-bond acceptors (Lipinski definition) is 3. The van der Waals surface area contributed by atoms with Crippen molar-refractivity contribution in [3.8, 4) is 0 Å². The number of hydrogen-bond donors (Lipinski definition) is 2. The van der Waals surface area contributed by atoms with Crippen molar-refractivity contribution in [1.82, 2.24) is 5.32 Å². The minimum Gasteiger partial charge on any atom is -0.370 e.